The molecule has 3 nitrogen and oxygen atoms in total. The van der Waals surface area contributed by atoms with Gasteiger partial charge in [0.25, 0.3) is 0 Å². The average molecular weight is 283 g/mol. The lowest BCUT2D eigenvalue weighted by atomic mass is 10.3. The lowest BCUT2D eigenvalue weighted by Crippen LogP contribution is -2.22. The van der Waals surface area contributed by atoms with Gasteiger partial charge in [0.05, 0.1) is 6.20 Å². The quantitative estimate of drug-likeness (QED) is 0.774. The molecule has 0 spiro atoms. The van der Waals surface area contributed by atoms with Gasteiger partial charge in [0.2, 0.25) is 0 Å². The van der Waals surface area contributed by atoms with Crippen molar-refractivity contribution in [2.75, 3.05) is 18.5 Å². The van der Waals surface area contributed by atoms with Crippen molar-refractivity contribution >= 4 is 17.4 Å². The molecule has 0 amide bonds. The van der Waals surface area contributed by atoms with Crippen molar-refractivity contribution in [3.8, 4) is 5.75 Å². The molecule has 0 aliphatic carbocycles. The number of aromatic nitrogens is 1. The van der Waals surface area contributed by atoms with Gasteiger partial charge in [0, 0.05) is 19.0 Å². The molecular formula is C11H14ClF3N2O. The van der Waals surface area contributed by atoms with Gasteiger partial charge in [-0.05, 0) is 25.5 Å². The number of halogens is 4. The summed E-state index contributed by atoms with van der Waals surface area (Å²) < 4.78 is 39.5. The largest absolute Gasteiger partial charge is 0.573 e. The summed E-state index contributed by atoms with van der Waals surface area (Å²) in [5.41, 5.74) is 0. The molecular weight excluding hydrogens is 269 g/mol. The van der Waals surface area contributed by atoms with Crippen LogP contribution in [0.1, 0.15) is 13.3 Å². The Morgan fingerprint density at radius 2 is 2.11 bits per heavy atom. The summed E-state index contributed by atoms with van der Waals surface area (Å²) in [7, 11) is 1.80. The van der Waals surface area contributed by atoms with Crippen LogP contribution in [0, 0.1) is 0 Å². The van der Waals surface area contributed by atoms with Crippen molar-refractivity contribution in [1.29, 1.82) is 0 Å². The topological polar surface area (TPSA) is 25.4 Å². The van der Waals surface area contributed by atoms with E-state index in [-0.39, 0.29) is 11.1 Å². The highest BCUT2D eigenvalue weighted by Gasteiger charge is 2.31. The van der Waals surface area contributed by atoms with E-state index in [4.69, 9.17) is 11.6 Å². The number of rotatable bonds is 5. The van der Waals surface area contributed by atoms with Crippen LogP contribution in [-0.4, -0.2) is 30.3 Å². The molecule has 1 aromatic heterocycles. The smallest absolute Gasteiger partial charge is 0.404 e. The Morgan fingerprint density at radius 1 is 1.44 bits per heavy atom. The molecule has 0 saturated carbocycles. The molecule has 1 rings (SSSR count). The lowest BCUT2D eigenvalue weighted by Gasteiger charge is -2.19. The fraction of sp³-hybridized carbons (Fsp3) is 0.545. The summed E-state index contributed by atoms with van der Waals surface area (Å²) in [6, 6.07) is 2.70. The molecule has 1 heterocycles. The number of hydrogen-bond donors (Lipinski definition) is 0. The molecule has 7 heteroatoms. The zero-order valence-electron chi connectivity index (χ0n) is 10.0. The second-order valence-electron chi connectivity index (χ2n) is 3.89. The van der Waals surface area contributed by atoms with E-state index < -0.39 is 6.36 Å². The zero-order valence-corrected chi connectivity index (χ0v) is 10.8. The number of ether oxygens (including phenoxy) is 1. The van der Waals surface area contributed by atoms with E-state index in [0.717, 1.165) is 12.6 Å². The maximum absolute atomic E-state index is 11.9. The van der Waals surface area contributed by atoms with Crippen molar-refractivity contribution in [2.24, 2.45) is 0 Å². The summed E-state index contributed by atoms with van der Waals surface area (Å²) in [5, 5.41) is 0.0419. The fourth-order valence-electron chi connectivity index (χ4n) is 1.28. The molecule has 0 radical (unpaired) electrons. The molecule has 0 fully saturated rings. The van der Waals surface area contributed by atoms with Gasteiger partial charge in [-0.25, -0.2) is 4.98 Å². The van der Waals surface area contributed by atoms with E-state index in [0.29, 0.717) is 12.4 Å². The molecule has 1 atom stereocenters. The summed E-state index contributed by atoms with van der Waals surface area (Å²) in [6.07, 6.45) is -2.88. The van der Waals surface area contributed by atoms with Gasteiger partial charge in [-0.1, -0.05) is 0 Å². The molecule has 0 aromatic carbocycles. The molecule has 0 bridgehead atoms. The minimum absolute atomic E-state index is 0.0419. The number of nitrogens with zero attached hydrogens (tertiary/aromatic N) is 2. The van der Waals surface area contributed by atoms with Crippen molar-refractivity contribution in [3.63, 3.8) is 0 Å². The van der Waals surface area contributed by atoms with E-state index in [1.807, 2.05) is 11.8 Å². The summed E-state index contributed by atoms with van der Waals surface area (Å²) in [4.78, 5) is 5.71. The maximum Gasteiger partial charge on any atom is 0.573 e. The highest BCUT2D eigenvalue weighted by molar-refractivity contribution is 6.20. The summed E-state index contributed by atoms with van der Waals surface area (Å²) in [5.74, 6) is 0.243. The van der Waals surface area contributed by atoms with Gasteiger partial charge in [-0.3, -0.25) is 0 Å². The van der Waals surface area contributed by atoms with E-state index >= 15 is 0 Å². The monoisotopic (exact) mass is 282 g/mol. The Labute approximate surface area is 109 Å². The summed E-state index contributed by atoms with van der Waals surface area (Å²) in [6.45, 7) is 2.56. The Balaban J connectivity index is 2.59. The molecule has 0 aliphatic rings. The first kappa shape index (κ1) is 14.9. The Morgan fingerprint density at radius 3 is 2.56 bits per heavy atom. The predicted octanol–water partition coefficient (Wildman–Crippen LogP) is 3.43. The van der Waals surface area contributed by atoms with Crippen LogP contribution in [0.3, 0.4) is 0 Å². The van der Waals surface area contributed by atoms with Crippen molar-refractivity contribution in [3.05, 3.63) is 18.3 Å². The van der Waals surface area contributed by atoms with Gasteiger partial charge >= 0.3 is 6.36 Å². The highest BCUT2D eigenvalue weighted by Crippen LogP contribution is 2.23. The van der Waals surface area contributed by atoms with Crippen molar-refractivity contribution in [2.45, 2.75) is 25.1 Å². The molecule has 0 aliphatic heterocycles. The second-order valence-corrected chi connectivity index (χ2v) is 4.64. The van der Waals surface area contributed by atoms with Crippen LogP contribution >= 0.6 is 11.6 Å². The van der Waals surface area contributed by atoms with E-state index in [9.17, 15) is 13.2 Å². The number of pyridine rings is 1. The second kappa shape index (κ2) is 6.13. The van der Waals surface area contributed by atoms with Crippen LogP contribution in [0.25, 0.3) is 0 Å². The number of alkyl halides is 4. The highest BCUT2D eigenvalue weighted by atomic mass is 35.5. The Hall–Kier alpha value is -1.17. The fourth-order valence-corrected chi connectivity index (χ4v) is 1.38. The third-order valence-electron chi connectivity index (χ3n) is 2.21. The Kier molecular flexibility index (Phi) is 5.07. The van der Waals surface area contributed by atoms with Crippen molar-refractivity contribution in [1.82, 2.24) is 4.98 Å². The Bertz CT molecular complexity index is 368. The SMILES string of the molecule is CC(Cl)CCN(C)c1ccc(OC(F)(F)F)cn1. The molecule has 1 aromatic rings. The van der Waals surface area contributed by atoms with Gasteiger partial charge in [0.15, 0.2) is 0 Å². The van der Waals surface area contributed by atoms with Crippen LogP contribution in [0.4, 0.5) is 19.0 Å². The van der Waals surface area contributed by atoms with Crippen LogP contribution in [0.2, 0.25) is 0 Å². The van der Waals surface area contributed by atoms with Crippen molar-refractivity contribution < 1.29 is 17.9 Å². The molecule has 0 saturated heterocycles. The first-order valence-electron chi connectivity index (χ1n) is 5.35. The normalized spacial score (nSPS) is 13.2. The molecule has 102 valence electrons. The third-order valence-corrected chi connectivity index (χ3v) is 2.43. The van der Waals surface area contributed by atoms with Crippen LogP contribution < -0.4 is 9.64 Å². The van der Waals surface area contributed by atoms with Crippen LogP contribution in [0.15, 0.2) is 18.3 Å². The van der Waals surface area contributed by atoms with Gasteiger partial charge in [-0.2, -0.15) is 0 Å². The van der Waals surface area contributed by atoms with Crippen LogP contribution in [0.5, 0.6) is 5.75 Å². The van der Waals surface area contributed by atoms with E-state index in [1.165, 1.54) is 12.1 Å². The molecule has 1 unspecified atom stereocenters. The van der Waals surface area contributed by atoms with Gasteiger partial charge < -0.3 is 9.64 Å². The zero-order chi connectivity index (χ0) is 13.8. The minimum atomic E-state index is -4.69. The maximum atomic E-state index is 11.9. The summed E-state index contributed by atoms with van der Waals surface area (Å²) >= 11 is 5.82. The molecule has 0 N–H and O–H groups in total. The minimum Gasteiger partial charge on any atom is -0.404 e. The van der Waals surface area contributed by atoms with E-state index in [1.54, 1.807) is 7.05 Å². The first-order valence-corrected chi connectivity index (χ1v) is 5.78. The van der Waals surface area contributed by atoms with E-state index in [2.05, 4.69) is 9.72 Å². The lowest BCUT2D eigenvalue weighted by molar-refractivity contribution is -0.274. The third kappa shape index (κ3) is 5.44. The standard InChI is InChI=1S/C11H14ClF3N2O/c1-8(12)5-6-17(2)10-4-3-9(7-16-10)18-11(13,14)15/h3-4,7-8H,5-6H2,1-2H3. The van der Waals surface area contributed by atoms with Gasteiger partial charge in [-0.15, -0.1) is 24.8 Å². The molecule has 18 heavy (non-hydrogen) atoms. The predicted molar refractivity (Wildman–Crippen MR) is 64.1 cm³/mol. The average Bonchev–Trinajstić information content (AvgIpc) is 2.24. The first-order chi connectivity index (χ1) is 8.28. The number of hydrogen-bond acceptors (Lipinski definition) is 3. The van der Waals surface area contributed by atoms with Crippen LogP contribution in [-0.2, 0) is 0 Å². The van der Waals surface area contributed by atoms with Gasteiger partial charge in [0.1, 0.15) is 11.6 Å². The number of anilines is 1.